The number of methoxy groups -OCH3 is 1. The normalized spacial score (nSPS) is 11.5. The van der Waals surface area contributed by atoms with Crippen molar-refractivity contribution in [3.8, 4) is 5.75 Å². The van der Waals surface area contributed by atoms with Crippen LogP contribution in [0.4, 0.5) is 0 Å². The highest BCUT2D eigenvalue weighted by Crippen LogP contribution is 2.16. The van der Waals surface area contributed by atoms with Crippen molar-refractivity contribution in [2.75, 3.05) is 27.7 Å². The molecule has 0 aliphatic heterocycles. The maximum Gasteiger partial charge on any atom is 0.274 e. The Morgan fingerprint density at radius 1 is 1.08 bits per heavy atom. The van der Waals surface area contributed by atoms with E-state index in [0.717, 1.165) is 28.8 Å². The van der Waals surface area contributed by atoms with Crippen LogP contribution in [0, 0.1) is 0 Å². The maximum atomic E-state index is 12.5. The molecule has 0 aliphatic rings. The zero-order chi connectivity index (χ0) is 18.5. The molecule has 3 rings (SSSR count). The number of aromatic nitrogens is 2. The first kappa shape index (κ1) is 17.9. The Bertz CT molecular complexity index is 973. The summed E-state index contributed by atoms with van der Waals surface area (Å²) in [6.45, 7) is 1.36. The lowest BCUT2D eigenvalue weighted by atomic mass is 10.1. The highest BCUT2D eigenvalue weighted by atomic mass is 16.5. The van der Waals surface area contributed by atoms with E-state index in [1.54, 1.807) is 13.3 Å². The molecule has 0 spiro atoms. The molecule has 0 unspecified atom stereocenters. The molecule has 0 saturated carbocycles. The van der Waals surface area contributed by atoms with Crippen molar-refractivity contribution in [2.45, 2.75) is 6.54 Å². The van der Waals surface area contributed by atoms with Gasteiger partial charge in [0.05, 0.1) is 25.2 Å². The number of benzene rings is 2. The van der Waals surface area contributed by atoms with Gasteiger partial charge in [0.25, 0.3) is 5.56 Å². The first-order chi connectivity index (χ1) is 12.6. The zero-order valence-electron chi connectivity index (χ0n) is 15.3. The fourth-order valence-corrected chi connectivity index (χ4v) is 2.67. The molecule has 0 amide bonds. The summed E-state index contributed by atoms with van der Waals surface area (Å²) in [6, 6.07) is 13.7. The van der Waals surface area contributed by atoms with E-state index in [2.05, 4.69) is 5.10 Å². The molecule has 2 aromatic carbocycles. The van der Waals surface area contributed by atoms with Gasteiger partial charge in [-0.1, -0.05) is 30.4 Å². The van der Waals surface area contributed by atoms with Gasteiger partial charge < -0.3 is 9.64 Å². The van der Waals surface area contributed by atoms with Gasteiger partial charge in [-0.05, 0) is 49.5 Å². The minimum Gasteiger partial charge on any atom is -0.497 e. The maximum absolute atomic E-state index is 12.5. The first-order valence-electron chi connectivity index (χ1n) is 8.53. The third kappa shape index (κ3) is 4.18. The number of fused-ring (bicyclic) bond motifs is 1. The van der Waals surface area contributed by atoms with Gasteiger partial charge in [-0.25, -0.2) is 4.68 Å². The average Bonchev–Trinajstić information content (AvgIpc) is 2.66. The predicted molar refractivity (Wildman–Crippen MR) is 106 cm³/mol. The lowest BCUT2D eigenvalue weighted by molar-refractivity contribution is 0.368. The van der Waals surface area contributed by atoms with Crippen LogP contribution in [0.5, 0.6) is 5.75 Å². The summed E-state index contributed by atoms with van der Waals surface area (Å²) in [5.41, 5.74) is 2.07. The highest BCUT2D eigenvalue weighted by Gasteiger charge is 2.05. The fraction of sp³-hybridized carbons (Fsp3) is 0.238. The Hall–Kier alpha value is -2.92. The second-order valence-electron chi connectivity index (χ2n) is 6.43. The van der Waals surface area contributed by atoms with Crippen molar-refractivity contribution >= 4 is 22.9 Å². The van der Waals surface area contributed by atoms with Crippen molar-refractivity contribution < 1.29 is 4.74 Å². The molecule has 0 radical (unpaired) electrons. The standard InChI is InChI=1S/C21H23N3O2/c1-23(2)12-13-24-21(25)20-11-8-17(14-18(20)15-22-24)5-4-16-6-9-19(26-3)10-7-16/h4-11,14-15H,12-13H2,1-3H3. The summed E-state index contributed by atoms with van der Waals surface area (Å²) in [5, 5.41) is 5.85. The summed E-state index contributed by atoms with van der Waals surface area (Å²) in [5.74, 6) is 0.837. The number of ether oxygens (including phenoxy) is 1. The minimum absolute atomic E-state index is 0.0463. The van der Waals surface area contributed by atoms with Gasteiger partial charge in [0, 0.05) is 11.9 Å². The van der Waals surface area contributed by atoms with E-state index in [0.29, 0.717) is 11.9 Å². The Morgan fingerprint density at radius 2 is 1.77 bits per heavy atom. The number of hydrogen-bond acceptors (Lipinski definition) is 4. The second-order valence-corrected chi connectivity index (χ2v) is 6.43. The van der Waals surface area contributed by atoms with Crippen LogP contribution < -0.4 is 10.3 Å². The van der Waals surface area contributed by atoms with Crippen LogP contribution in [0.3, 0.4) is 0 Å². The summed E-state index contributed by atoms with van der Waals surface area (Å²) in [7, 11) is 5.61. The molecule has 0 saturated heterocycles. The second kappa shape index (κ2) is 7.97. The molecular weight excluding hydrogens is 326 g/mol. The number of hydrogen-bond donors (Lipinski definition) is 0. The Kier molecular flexibility index (Phi) is 5.49. The average molecular weight is 349 g/mol. The molecule has 0 N–H and O–H groups in total. The Balaban J connectivity index is 1.83. The molecule has 0 bridgehead atoms. The largest absolute Gasteiger partial charge is 0.497 e. The highest BCUT2D eigenvalue weighted by molar-refractivity contribution is 5.84. The number of likely N-dealkylation sites (N-methyl/N-ethyl adjacent to an activating group) is 1. The number of rotatable bonds is 6. The first-order valence-corrected chi connectivity index (χ1v) is 8.53. The van der Waals surface area contributed by atoms with E-state index in [1.807, 2.05) is 73.6 Å². The molecule has 3 aromatic rings. The fourth-order valence-electron chi connectivity index (χ4n) is 2.67. The number of nitrogens with zero attached hydrogens (tertiary/aromatic N) is 3. The summed E-state index contributed by atoms with van der Waals surface area (Å²) < 4.78 is 6.69. The third-order valence-corrected chi connectivity index (χ3v) is 4.22. The molecule has 0 fully saturated rings. The molecule has 134 valence electrons. The molecule has 26 heavy (non-hydrogen) atoms. The smallest absolute Gasteiger partial charge is 0.274 e. The van der Waals surface area contributed by atoms with Gasteiger partial charge in [0.15, 0.2) is 0 Å². The zero-order valence-corrected chi connectivity index (χ0v) is 15.3. The summed E-state index contributed by atoms with van der Waals surface area (Å²) >= 11 is 0. The molecule has 1 heterocycles. The van der Waals surface area contributed by atoms with Crippen LogP contribution in [0.25, 0.3) is 22.9 Å². The van der Waals surface area contributed by atoms with E-state index in [1.165, 1.54) is 4.68 Å². The van der Waals surface area contributed by atoms with Crippen molar-refractivity contribution in [1.29, 1.82) is 0 Å². The Labute approximate surface area is 153 Å². The van der Waals surface area contributed by atoms with E-state index >= 15 is 0 Å². The summed E-state index contributed by atoms with van der Waals surface area (Å²) in [4.78, 5) is 14.6. The minimum atomic E-state index is -0.0463. The van der Waals surface area contributed by atoms with Crippen LogP contribution >= 0.6 is 0 Å². The van der Waals surface area contributed by atoms with Gasteiger partial charge in [-0.15, -0.1) is 0 Å². The van der Waals surface area contributed by atoms with Crippen molar-refractivity contribution in [3.05, 3.63) is 70.1 Å². The van der Waals surface area contributed by atoms with E-state index in [-0.39, 0.29) is 5.56 Å². The van der Waals surface area contributed by atoms with E-state index in [4.69, 9.17) is 4.74 Å². The van der Waals surface area contributed by atoms with Gasteiger partial charge in [0.2, 0.25) is 0 Å². The predicted octanol–water partition coefficient (Wildman–Crippen LogP) is 3.14. The van der Waals surface area contributed by atoms with Gasteiger partial charge in [0.1, 0.15) is 5.75 Å². The quantitative estimate of drug-likeness (QED) is 0.642. The third-order valence-electron chi connectivity index (χ3n) is 4.22. The van der Waals surface area contributed by atoms with Crippen LogP contribution in [-0.4, -0.2) is 42.4 Å². The topological polar surface area (TPSA) is 47.4 Å². The molecular formula is C21H23N3O2. The van der Waals surface area contributed by atoms with Crippen molar-refractivity contribution in [1.82, 2.24) is 14.7 Å². The molecule has 0 aliphatic carbocycles. The van der Waals surface area contributed by atoms with E-state index in [9.17, 15) is 4.79 Å². The lowest BCUT2D eigenvalue weighted by Crippen LogP contribution is -2.28. The molecule has 0 atom stereocenters. The summed E-state index contributed by atoms with van der Waals surface area (Å²) in [6.07, 6.45) is 5.82. The molecule has 1 aromatic heterocycles. The van der Waals surface area contributed by atoms with Crippen LogP contribution in [-0.2, 0) is 6.54 Å². The molecule has 5 heteroatoms. The SMILES string of the molecule is COc1ccc(C=Cc2ccc3c(=O)n(CCN(C)C)ncc3c2)cc1. The van der Waals surface area contributed by atoms with Gasteiger partial charge in [-0.3, -0.25) is 4.79 Å². The van der Waals surface area contributed by atoms with Gasteiger partial charge >= 0.3 is 0 Å². The van der Waals surface area contributed by atoms with E-state index < -0.39 is 0 Å². The lowest BCUT2D eigenvalue weighted by Gasteiger charge is -2.10. The van der Waals surface area contributed by atoms with Crippen molar-refractivity contribution in [2.24, 2.45) is 0 Å². The van der Waals surface area contributed by atoms with Crippen LogP contribution in [0.2, 0.25) is 0 Å². The van der Waals surface area contributed by atoms with Crippen LogP contribution in [0.1, 0.15) is 11.1 Å². The van der Waals surface area contributed by atoms with Crippen LogP contribution in [0.15, 0.2) is 53.5 Å². The Morgan fingerprint density at radius 3 is 2.46 bits per heavy atom. The van der Waals surface area contributed by atoms with Gasteiger partial charge in [-0.2, -0.15) is 5.10 Å². The molecule has 5 nitrogen and oxygen atoms in total. The van der Waals surface area contributed by atoms with Crippen molar-refractivity contribution in [3.63, 3.8) is 0 Å². The monoisotopic (exact) mass is 349 g/mol.